The third-order valence-corrected chi connectivity index (χ3v) is 5.61. The number of para-hydroxylation sites is 1. The summed E-state index contributed by atoms with van der Waals surface area (Å²) >= 11 is 0. The molecule has 0 atom stereocenters. The average molecular weight is 389 g/mol. The lowest BCUT2D eigenvalue weighted by molar-refractivity contribution is -0.141. The Bertz CT molecular complexity index is 1020. The van der Waals surface area contributed by atoms with E-state index < -0.39 is 0 Å². The summed E-state index contributed by atoms with van der Waals surface area (Å²) in [4.78, 5) is 29.1. The van der Waals surface area contributed by atoms with E-state index in [1.807, 2.05) is 54.0 Å². The van der Waals surface area contributed by atoms with Gasteiger partial charge in [-0.2, -0.15) is 0 Å². The normalized spacial score (nSPS) is 14.6. The Morgan fingerprint density at radius 1 is 0.862 bits per heavy atom. The van der Waals surface area contributed by atoms with Gasteiger partial charge in [0.15, 0.2) is 0 Å². The van der Waals surface area contributed by atoms with Crippen LogP contribution in [0.3, 0.4) is 0 Å². The zero-order chi connectivity index (χ0) is 20.4. The molecule has 0 saturated carbocycles. The molecule has 0 spiro atoms. The van der Waals surface area contributed by atoms with Crippen molar-refractivity contribution in [2.45, 2.75) is 20.4 Å². The van der Waals surface area contributed by atoms with Crippen LogP contribution in [0.15, 0.2) is 60.7 Å². The molecular formula is C24H27N3O2. The number of piperazine rings is 1. The molecule has 0 radical (unpaired) electrons. The van der Waals surface area contributed by atoms with Crippen LogP contribution in [0.1, 0.15) is 13.8 Å². The second-order valence-corrected chi connectivity index (χ2v) is 7.90. The Kier molecular flexibility index (Phi) is 5.38. The first-order valence-corrected chi connectivity index (χ1v) is 10.2. The van der Waals surface area contributed by atoms with Gasteiger partial charge >= 0.3 is 0 Å². The van der Waals surface area contributed by atoms with Crippen molar-refractivity contribution >= 4 is 22.7 Å². The lowest BCUT2D eigenvalue weighted by Gasteiger charge is -2.35. The van der Waals surface area contributed by atoms with Crippen molar-refractivity contribution in [2.24, 2.45) is 5.92 Å². The number of rotatable bonds is 4. The maximum absolute atomic E-state index is 13.1. The number of nitrogens with zero attached hydrogens (tertiary/aromatic N) is 3. The number of hydrogen-bond acceptors (Lipinski definition) is 2. The minimum Gasteiger partial charge on any atom is -0.339 e. The highest BCUT2D eigenvalue weighted by Crippen LogP contribution is 2.28. The lowest BCUT2D eigenvalue weighted by atomic mass is 10.1. The van der Waals surface area contributed by atoms with E-state index in [1.54, 1.807) is 0 Å². The summed E-state index contributed by atoms with van der Waals surface area (Å²) < 4.78 is 2.11. The molecule has 0 aliphatic carbocycles. The molecule has 2 aromatic carbocycles. The van der Waals surface area contributed by atoms with Gasteiger partial charge in [0.05, 0.1) is 0 Å². The fourth-order valence-corrected chi connectivity index (χ4v) is 4.01. The maximum Gasteiger partial charge on any atom is 0.242 e. The summed E-state index contributed by atoms with van der Waals surface area (Å²) in [6.07, 6.45) is 0. The second-order valence-electron chi connectivity index (χ2n) is 7.90. The second kappa shape index (κ2) is 8.11. The molecule has 150 valence electrons. The van der Waals surface area contributed by atoms with Crippen molar-refractivity contribution in [1.82, 2.24) is 14.4 Å². The van der Waals surface area contributed by atoms with Gasteiger partial charge in [-0.25, -0.2) is 0 Å². The van der Waals surface area contributed by atoms with Gasteiger partial charge in [-0.15, -0.1) is 0 Å². The van der Waals surface area contributed by atoms with Crippen LogP contribution >= 0.6 is 0 Å². The van der Waals surface area contributed by atoms with E-state index in [-0.39, 0.29) is 17.7 Å². The summed E-state index contributed by atoms with van der Waals surface area (Å²) in [5.41, 5.74) is 3.21. The van der Waals surface area contributed by atoms with Gasteiger partial charge in [-0.1, -0.05) is 62.4 Å². The van der Waals surface area contributed by atoms with Gasteiger partial charge in [0.25, 0.3) is 0 Å². The number of aromatic nitrogens is 1. The summed E-state index contributed by atoms with van der Waals surface area (Å²) in [5, 5.41) is 1.13. The number of fused-ring (bicyclic) bond motifs is 1. The van der Waals surface area contributed by atoms with Crippen molar-refractivity contribution in [3.05, 3.63) is 60.7 Å². The van der Waals surface area contributed by atoms with Crippen molar-refractivity contribution < 1.29 is 9.59 Å². The number of amides is 2. The minimum atomic E-state index is -0.00285. The maximum atomic E-state index is 13.1. The Morgan fingerprint density at radius 2 is 1.48 bits per heavy atom. The van der Waals surface area contributed by atoms with E-state index >= 15 is 0 Å². The number of hydrogen-bond donors (Lipinski definition) is 0. The molecule has 2 heterocycles. The molecule has 2 amide bonds. The highest BCUT2D eigenvalue weighted by atomic mass is 16.2. The number of benzene rings is 2. The molecule has 1 aliphatic heterocycles. The molecule has 1 aromatic heterocycles. The van der Waals surface area contributed by atoms with Crippen molar-refractivity contribution in [2.75, 3.05) is 26.2 Å². The Hall–Kier alpha value is -3.08. The largest absolute Gasteiger partial charge is 0.339 e. The van der Waals surface area contributed by atoms with Gasteiger partial charge in [-0.3, -0.25) is 9.59 Å². The molecule has 5 nitrogen and oxygen atoms in total. The first kappa shape index (κ1) is 19.2. The van der Waals surface area contributed by atoms with Crippen LogP contribution in [-0.2, 0) is 16.1 Å². The standard InChI is InChI=1S/C24H27N3O2/c1-18(2)24(29)26-14-12-25(13-15-26)23(28)17-27-21-11-7-6-10-20(21)16-22(27)19-8-4-3-5-9-19/h3-11,16,18H,12-15,17H2,1-2H3. The predicted molar refractivity (Wildman–Crippen MR) is 115 cm³/mol. The molecule has 29 heavy (non-hydrogen) atoms. The summed E-state index contributed by atoms with van der Waals surface area (Å²) in [6.45, 7) is 6.55. The molecule has 1 aliphatic rings. The van der Waals surface area contributed by atoms with Gasteiger partial charge in [-0.05, 0) is 17.7 Å². The van der Waals surface area contributed by atoms with E-state index in [0.29, 0.717) is 32.7 Å². The van der Waals surface area contributed by atoms with Crippen LogP contribution in [0.25, 0.3) is 22.2 Å². The Balaban J connectivity index is 1.55. The highest BCUT2D eigenvalue weighted by Gasteiger charge is 2.26. The van der Waals surface area contributed by atoms with E-state index in [2.05, 4.69) is 34.9 Å². The first-order valence-electron chi connectivity index (χ1n) is 10.2. The zero-order valence-electron chi connectivity index (χ0n) is 17.0. The van der Waals surface area contributed by atoms with E-state index in [9.17, 15) is 9.59 Å². The van der Waals surface area contributed by atoms with Crippen molar-refractivity contribution in [1.29, 1.82) is 0 Å². The lowest BCUT2D eigenvalue weighted by Crippen LogP contribution is -2.52. The van der Waals surface area contributed by atoms with Crippen LogP contribution in [0.5, 0.6) is 0 Å². The molecule has 0 unspecified atom stereocenters. The first-order chi connectivity index (χ1) is 14.0. The van der Waals surface area contributed by atoms with E-state index in [4.69, 9.17) is 0 Å². The Labute approximate surface area is 171 Å². The van der Waals surface area contributed by atoms with Crippen LogP contribution < -0.4 is 0 Å². The monoisotopic (exact) mass is 389 g/mol. The van der Waals surface area contributed by atoms with E-state index in [0.717, 1.165) is 22.2 Å². The van der Waals surface area contributed by atoms with Crippen LogP contribution in [0.4, 0.5) is 0 Å². The van der Waals surface area contributed by atoms with Crippen LogP contribution in [0.2, 0.25) is 0 Å². The third kappa shape index (κ3) is 3.90. The molecule has 1 fully saturated rings. The predicted octanol–water partition coefficient (Wildman–Crippen LogP) is 3.64. The van der Waals surface area contributed by atoms with Crippen molar-refractivity contribution in [3.8, 4) is 11.3 Å². The molecule has 4 rings (SSSR count). The fraction of sp³-hybridized carbons (Fsp3) is 0.333. The molecule has 0 N–H and O–H groups in total. The number of carbonyl (C=O) groups is 2. The SMILES string of the molecule is CC(C)C(=O)N1CCN(C(=O)Cn2c(-c3ccccc3)cc3ccccc32)CC1. The number of carbonyl (C=O) groups excluding carboxylic acids is 2. The quantitative estimate of drug-likeness (QED) is 0.684. The average Bonchev–Trinajstić information content (AvgIpc) is 3.12. The molecular weight excluding hydrogens is 362 g/mol. The third-order valence-electron chi connectivity index (χ3n) is 5.61. The van der Waals surface area contributed by atoms with E-state index in [1.165, 1.54) is 0 Å². The highest BCUT2D eigenvalue weighted by molar-refractivity contribution is 5.89. The van der Waals surface area contributed by atoms with Crippen LogP contribution in [0, 0.1) is 5.92 Å². The molecule has 1 saturated heterocycles. The van der Waals surface area contributed by atoms with Gasteiger partial charge in [0.1, 0.15) is 6.54 Å². The topological polar surface area (TPSA) is 45.6 Å². The Morgan fingerprint density at radius 3 is 2.17 bits per heavy atom. The summed E-state index contributed by atoms with van der Waals surface area (Å²) in [5.74, 6) is 0.261. The van der Waals surface area contributed by atoms with Crippen LogP contribution in [-0.4, -0.2) is 52.4 Å². The summed E-state index contributed by atoms with van der Waals surface area (Å²) in [7, 11) is 0. The van der Waals surface area contributed by atoms with Gasteiger partial charge in [0.2, 0.25) is 11.8 Å². The van der Waals surface area contributed by atoms with Gasteiger partial charge in [0, 0.05) is 48.7 Å². The smallest absolute Gasteiger partial charge is 0.242 e. The molecule has 0 bridgehead atoms. The van der Waals surface area contributed by atoms with Crippen molar-refractivity contribution in [3.63, 3.8) is 0 Å². The van der Waals surface area contributed by atoms with Gasteiger partial charge < -0.3 is 14.4 Å². The summed E-state index contributed by atoms with van der Waals surface area (Å²) in [6, 6.07) is 20.5. The molecule has 5 heteroatoms. The molecule has 3 aromatic rings. The minimum absolute atomic E-state index is 0.00285. The fourth-order valence-electron chi connectivity index (χ4n) is 4.01. The zero-order valence-corrected chi connectivity index (χ0v) is 17.0.